The van der Waals surface area contributed by atoms with E-state index < -0.39 is 17.0 Å². The Balaban J connectivity index is 1.66. The summed E-state index contributed by atoms with van der Waals surface area (Å²) in [7, 11) is 0. The number of nitrogens with zero attached hydrogens (tertiary/aromatic N) is 4. The van der Waals surface area contributed by atoms with Crippen molar-refractivity contribution in [2.75, 3.05) is 11.1 Å². The molecule has 7 nitrogen and oxygen atoms in total. The topological polar surface area (TPSA) is 98.2 Å². The molecule has 1 aliphatic rings. The number of anilines is 2. The van der Waals surface area contributed by atoms with Crippen LogP contribution in [-0.4, -0.2) is 25.3 Å². The van der Waals surface area contributed by atoms with Crippen LogP contribution in [0.3, 0.4) is 0 Å². The summed E-state index contributed by atoms with van der Waals surface area (Å²) in [6, 6.07) is 8.01. The lowest BCUT2D eigenvalue weighted by molar-refractivity contribution is -0.119. The number of aryl methyl sites for hydroxylation is 1. The number of hydrogen-bond donors (Lipinski definition) is 2. The van der Waals surface area contributed by atoms with E-state index in [1.54, 1.807) is 37.4 Å². The Kier molecular flexibility index (Phi) is 4.27. The summed E-state index contributed by atoms with van der Waals surface area (Å²) in [6.45, 7) is 5.14. The third-order valence-electron chi connectivity index (χ3n) is 5.82. The minimum Gasteiger partial charge on any atom is -0.383 e. The molecule has 1 amide bonds. The molecule has 0 saturated heterocycles. The number of pyridine rings is 1. The number of fused-ring (bicyclic) bond motifs is 2. The highest BCUT2D eigenvalue weighted by Gasteiger charge is 2.42. The summed E-state index contributed by atoms with van der Waals surface area (Å²) in [5.74, 6) is -0.298. The number of carbonyl (C=O) groups excluding carboxylic acids is 1. The number of nitrogens with one attached hydrogen (secondary N) is 1. The Bertz CT molecular complexity index is 1400. The molecule has 32 heavy (non-hydrogen) atoms. The van der Waals surface area contributed by atoms with Gasteiger partial charge in [-0.3, -0.25) is 4.79 Å². The van der Waals surface area contributed by atoms with Gasteiger partial charge in [0.15, 0.2) is 5.82 Å². The van der Waals surface area contributed by atoms with Crippen molar-refractivity contribution in [2.45, 2.75) is 32.6 Å². The Morgan fingerprint density at radius 1 is 1.12 bits per heavy atom. The van der Waals surface area contributed by atoms with E-state index in [1.807, 2.05) is 12.1 Å². The molecular weight excluding hydrogens is 414 g/mol. The molecule has 0 radical (unpaired) electrons. The molecule has 0 atom stereocenters. The number of rotatable bonds is 3. The van der Waals surface area contributed by atoms with E-state index in [2.05, 4.69) is 20.3 Å². The van der Waals surface area contributed by atoms with E-state index in [9.17, 15) is 13.6 Å². The predicted molar refractivity (Wildman–Crippen MR) is 116 cm³/mol. The van der Waals surface area contributed by atoms with E-state index in [0.717, 1.165) is 0 Å². The molecule has 5 rings (SSSR count). The van der Waals surface area contributed by atoms with Gasteiger partial charge in [-0.25, -0.2) is 23.7 Å². The molecule has 4 heterocycles. The average Bonchev–Trinajstić information content (AvgIpc) is 3.19. The maximum Gasteiger partial charge on any atom is 0.235 e. The van der Waals surface area contributed by atoms with Crippen LogP contribution in [0.5, 0.6) is 0 Å². The molecule has 0 unspecified atom stereocenters. The van der Waals surface area contributed by atoms with Gasteiger partial charge in [0.1, 0.15) is 34.8 Å². The molecule has 0 spiro atoms. The van der Waals surface area contributed by atoms with E-state index >= 15 is 0 Å². The number of halogens is 2. The first-order valence-corrected chi connectivity index (χ1v) is 10.1. The van der Waals surface area contributed by atoms with Crippen LogP contribution in [-0.2, 0) is 16.6 Å². The lowest BCUT2D eigenvalue weighted by Crippen LogP contribution is -2.27. The summed E-state index contributed by atoms with van der Waals surface area (Å²) >= 11 is 0. The van der Waals surface area contributed by atoms with Gasteiger partial charge in [0.05, 0.1) is 16.5 Å². The lowest BCUT2D eigenvalue weighted by Gasteiger charge is -2.15. The zero-order valence-corrected chi connectivity index (χ0v) is 17.7. The number of carbonyl (C=O) groups is 1. The third-order valence-corrected chi connectivity index (χ3v) is 5.82. The SMILES string of the molecule is Cc1cc(F)c(Cc2nc(-c3nc(N)c4c(n3)NC(=O)C4(C)C)c3ccccn23)c(F)c1. The zero-order valence-electron chi connectivity index (χ0n) is 17.7. The first kappa shape index (κ1) is 20.0. The number of aromatic nitrogens is 4. The van der Waals surface area contributed by atoms with Crippen LogP contribution < -0.4 is 11.1 Å². The number of nitrogens with two attached hydrogens (primary N) is 1. The molecule has 0 aliphatic carbocycles. The maximum absolute atomic E-state index is 14.5. The molecule has 4 aromatic rings. The Morgan fingerprint density at radius 3 is 2.56 bits per heavy atom. The van der Waals surface area contributed by atoms with Crippen LogP contribution in [0.25, 0.3) is 17.0 Å². The molecule has 0 saturated carbocycles. The first-order chi connectivity index (χ1) is 15.2. The highest BCUT2D eigenvalue weighted by atomic mass is 19.1. The van der Waals surface area contributed by atoms with Gasteiger partial charge in [-0.05, 0) is 50.6 Å². The van der Waals surface area contributed by atoms with Crippen molar-refractivity contribution in [3.05, 3.63) is 70.7 Å². The molecule has 3 aromatic heterocycles. The summed E-state index contributed by atoms with van der Waals surface area (Å²) in [4.78, 5) is 25.9. The quantitative estimate of drug-likeness (QED) is 0.511. The van der Waals surface area contributed by atoms with Crippen LogP contribution in [0.2, 0.25) is 0 Å². The Hall–Kier alpha value is -3.88. The largest absolute Gasteiger partial charge is 0.383 e. The van der Waals surface area contributed by atoms with E-state index in [0.29, 0.717) is 34.0 Å². The molecule has 162 valence electrons. The number of nitrogen functional groups attached to an aromatic ring is 1. The molecule has 1 aliphatic heterocycles. The van der Waals surface area contributed by atoms with Crippen molar-refractivity contribution in [3.8, 4) is 11.5 Å². The van der Waals surface area contributed by atoms with Crippen LogP contribution in [0.4, 0.5) is 20.4 Å². The van der Waals surface area contributed by atoms with Crippen molar-refractivity contribution in [2.24, 2.45) is 0 Å². The molecule has 3 N–H and O–H groups in total. The number of imidazole rings is 1. The maximum atomic E-state index is 14.5. The number of hydrogen-bond acceptors (Lipinski definition) is 5. The minimum atomic E-state index is -0.847. The minimum absolute atomic E-state index is 0.0622. The lowest BCUT2D eigenvalue weighted by atomic mass is 9.87. The highest BCUT2D eigenvalue weighted by Crippen LogP contribution is 2.40. The summed E-state index contributed by atoms with van der Waals surface area (Å²) < 4.78 is 30.7. The second-order valence-electron chi connectivity index (χ2n) is 8.45. The van der Waals surface area contributed by atoms with E-state index in [4.69, 9.17) is 5.73 Å². The smallest absolute Gasteiger partial charge is 0.235 e. The van der Waals surface area contributed by atoms with Crippen molar-refractivity contribution < 1.29 is 13.6 Å². The molecule has 1 aromatic carbocycles. The predicted octanol–water partition coefficient (Wildman–Crippen LogP) is 3.78. The fraction of sp³-hybridized carbons (Fsp3) is 0.217. The van der Waals surface area contributed by atoms with Crippen LogP contribution in [0, 0.1) is 18.6 Å². The molecule has 9 heteroatoms. The van der Waals surface area contributed by atoms with Gasteiger partial charge in [0.2, 0.25) is 5.91 Å². The van der Waals surface area contributed by atoms with E-state index in [1.165, 1.54) is 12.1 Å². The van der Waals surface area contributed by atoms with Gasteiger partial charge in [-0.2, -0.15) is 0 Å². The van der Waals surface area contributed by atoms with Gasteiger partial charge in [0.25, 0.3) is 0 Å². The number of benzene rings is 1. The molecule has 0 bridgehead atoms. The fourth-order valence-electron chi connectivity index (χ4n) is 4.12. The molecular formula is C23H20F2N6O. The standard InChI is InChI=1S/C23H20F2N6O/c1-11-8-13(24)12(14(25)9-11)10-16-27-18(15-6-4-5-7-31(15)16)21-28-19(26)17-20(29-21)30-22(32)23(17,2)3/h4-9H,10H2,1-3H3,(H3,26,28,29,30,32). The molecule has 0 fully saturated rings. The van der Waals surface area contributed by atoms with Crippen molar-refractivity contribution in [1.29, 1.82) is 0 Å². The van der Waals surface area contributed by atoms with Crippen molar-refractivity contribution in [1.82, 2.24) is 19.4 Å². The Labute approximate surface area is 182 Å². The summed E-state index contributed by atoms with van der Waals surface area (Å²) in [5, 5.41) is 2.75. The van der Waals surface area contributed by atoms with Crippen LogP contribution >= 0.6 is 0 Å². The second kappa shape index (κ2) is 6.81. The summed E-state index contributed by atoms with van der Waals surface area (Å²) in [5.41, 5.74) is 7.38. The summed E-state index contributed by atoms with van der Waals surface area (Å²) in [6.07, 6.45) is 1.69. The van der Waals surface area contributed by atoms with Crippen molar-refractivity contribution in [3.63, 3.8) is 0 Å². The van der Waals surface area contributed by atoms with E-state index in [-0.39, 0.29) is 29.5 Å². The van der Waals surface area contributed by atoms with Gasteiger partial charge in [-0.1, -0.05) is 6.07 Å². The average molecular weight is 434 g/mol. The van der Waals surface area contributed by atoms with Gasteiger partial charge >= 0.3 is 0 Å². The third kappa shape index (κ3) is 2.92. The fourth-order valence-corrected chi connectivity index (χ4v) is 4.12. The van der Waals surface area contributed by atoms with Gasteiger partial charge < -0.3 is 15.5 Å². The van der Waals surface area contributed by atoms with Crippen LogP contribution in [0.15, 0.2) is 36.5 Å². The highest BCUT2D eigenvalue weighted by molar-refractivity contribution is 6.06. The normalized spacial score (nSPS) is 14.6. The Morgan fingerprint density at radius 2 is 1.84 bits per heavy atom. The zero-order chi connectivity index (χ0) is 22.8. The number of amides is 1. The van der Waals surface area contributed by atoms with Crippen molar-refractivity contribution >= 4 is 23.1 Å². The second-order valence-corrected chi connectivity index (χ2v) is 8.45. The van der Waals surface area contributed by atoms with Crippen LogP contribution in [0.1, 0.15) is 36.4 Å². The van der Waals surface area contributed by atoms with Gasteiger partial charge in [-0.15, -0.1) is 0 Å². The monoisotopic (exact) mass is 434 g/mol. The first-order valence-electron chi connectivity index (χ1n) is 10.1. The van der Waals surface area contributed by atoms with Gasteiger partial charge in [0, 0.05) is 18.2 Å².